The first-order chi connectivity index (χ1) is 26.8. The molecule has 0 radical (unpaired) electrons. The molecule has 0 aliphatic carbocycles. The summed E-state index contributed by atoms with van der Waals surface area (Å²) in [5.74, 6) is 1.66. The van der Waals surface area contributed by atoms with Gasteiger partial charge >= 0.3 is 0 Å². The van der Waals surface area contributed by atoms with Crippen molar-refractivity contribution < 1.29 is 8.83 Å². The topological polar surface area (TPSA) is 65.0 Å². The second-order valence-electron chi connectivity index (χ2n) is 13.5. The monoisotopic (exact) mass is 691 g/mol. The zero-order chi connectivity index (χ0) is 35.6. The van der Waals surface area contributed by atoms with Gasteiger partial charge in [-0.15, -0.1) is 0 Å². The van der Waals surface area contributed by atoms with E-state index in [1.165, 1.54) is 0 Å². The van der Waals surface area contributed by atoms with Crippen molar-refractivity contribution in [1.29, 1.82) is 0 Å². The van der Waals surface area contributed by atoms with Crippen LogP contribution in [-0.2, 0) is 0 Å². The predicted octanol–water partition coefficient (Wildman–Crippen LogP) is 13.2. The van der Waals surface area contributed by atoms with Crippen molar-refractivity contribution in [1.82, 2.24) is 15.0 Å². The van der Waals surface area contributed by atoms with Crippen molar-refractivity contribution in [2.45, 2.75) is 0 Å². The van der Waals surface area contributed by atoms with Crippen LogP contribution in [0, 0.1) is 0 Å². The van der Waals surface area contributed by atoms with Crippen LogP contribution in [0.15, 0.2) is 185 Å². The van der Waals surface area contributed by atoms with E-state index >= 15 is 0 Å². The highest BCUT2D eigenvalue weighted by molar-refractivity contribution is 6.20. The Balaban J connectivity index is 1.18. The van der Waals surface area contributed by atoms with E-state index in [4.69, 9.17) is 23.8 Å². The number of rotatable bonds is 5. The Morgan fingerprint density at radius 1 is 0.296 bits per heavy atom. The molecule has 0 saturated carbocycles. The third-order valence-electron chi connectivity index (χ3n) is 10.3. The number of hydrogen-bond donors (Lipinski definition) is 0. The second kappa shape index (κ2) is 12.1. The third kappa shape index (κ3) is 4.83. The Morgan fingerprint density at radius 2 is 0.852 bits per heavy atom. The van der Waals surface area contributed by atoms with E-state index < -0.39 is 0 Å². The highest BCUT2D eigenvalue weighted by atomic mass is 16.3. The molecular formula is C49H29N3O2. The SMILES string of the molecule is c1ccc(-c2cccc(-c3nc(-c4cccc5c4oc4c6ccccc6c(-c6ccccc6)cc54)nc(-c4cccc5oc6ccccc6c45)n3)c2)cc1. The summed E-state index contributed by atoms with van der Waals surface area (Å²) in [5, 5.41) is 6.23. The average molecular weight is 692 g/mol. The van der Waals surface area contributed by atoms with E-state index in [2.05, 4.69) is 127 Å². The number of nitrogens with zero attached hydrogens (tertiary/aromatic N) is 3. The molecule has 5 nitrogen and oxygen atoms in total. The Bertz CT molecular complexity index is 3220. The normalized spacial score (nSPS) is 11.7. The Hall–Kier alpha value is -7.37. The summed E-state index contributed by atoms with van der Waals surface area (Å²) in [7, 11) is 0. The minimum Gasteiger partial charge on any atom is -0.456 e. The van der Waals surface area contributed by atoms with Crippen LogP contribution in [0.1, 0.15) is 0 Å². The highest BCUT2D eigenvalue weighted by Crippen LogP contribution is 2.43. The number of hydrogen-bond acceptors (Lipinski definition) is 5. The van der Waals surface area contributed by atoms with Crippen LogP contribution >= 0.6 is 0 Å². The summed E-state index contributed by atoms with van der Waals surface area (Å²) in [6.45, 7) is 0. The van der Waals surface area contributed by atoms with Gasteiger partial charge in [0.25, 0.3) is 0 Å². The quantitative estimate of drug-likeness (QED) is 0.180. The molecule has 11 rings (SSSR count). The molecule has 0 saturated heterocycles. The molecule has 0 unspecified atom stereocenters. The second-order valence-corrected chi connectivity index (χ2v) is 13.5. The van der Waals surface area contributed by atoms with Gasteiger partial charge in [0.05, 0.1) is 5.56 Å². The summed E-state index contributed by atoms with van der Waals surface area (Å²) >= 11 is 0. The molecule has 0 aliphatic rings. The lowest BCUT2D eigenvalue weighted by atomic mass is 9.95. The number of fused-ring (bicyclic) bond motifs is 8. The first-order valence-electron chi connectivity index (χ1n) is 18.0. The van der Waals surface area contributed by atoms with Gasteiger partial charge in [-0.05, 0) is 58.0 Å². The lowest BCUT2D eigenvalue weighted by molar-refractivity contribution is 0.669. The molecule has 0 atom stereocenters. The lowest BCUT2D eigenvalue weighted by Crippen LogP contribution is -2.00. The fourth-order valence-electron chi connectivity index (χ4n) is 7.83. The number of benzene rings is 8. The van der Waals surface area contributed by atoms with Gasteiger partial charge in [0.2, 0.25) is 0 Å². The molecule has 5 heteroatoms. The van der Waals surface area contributed by atoms with Crippen molar-refractivity contribution in [2.75, 3.05) is 0 Å². The van der Waals surface area contributed by atoms with Gasteiger partial charge in [-0.25, -0.2) is 15.0 Å². The standard InChI is InChI=1S/C49H29N3O2/c1-3-14-30(15-4-1)32-18-11-19-33(28-32)47-50-48(38-24-13-27-43-44(38)37-22-9-10-26-42(37)53-43)52-49(51-47)39-25-12-23-36-41-29-40(31-16-5-2-6-17-31)34-20-7-8-21-35(34)46(41)54-45(36)39/h1-29H. The summed E-state index contributed by atoms with van der Waals surface area (Å²) < 4.78 is 13.2. The fourth-order valence-corrected chi connectivity index (χ4v) is 7.83. The molecule has 0 N–H and O–H groups in total. The first-order valence-corrected chi connectivity index (χ1v) is 18.0. The summed E-state index contributed by atoms with van der Waals surface area (Å²) in [6.07, 6.45) is 0. The lowest BCUT2D eigenvalue weighted by Gasteiger charge is -2.10. The molecule has 8 aromatic carbocycles. The maximum absolute atomic E-state index is 6.91. The van der Waals surface area contributed by atoms with Crippen LogP contribution in [0.2, 0.25) is 0 Å². The number of furan rings is 2. The van der Waals surface area contributed by atoms with Crippen molar-refractivity contribution in [3.8, 4) is 56.4 Å². The van der Waals surface area contributed by atoms with Gasteiger partial charge in [0.15, 0.2) is 17.5 Å². The average Bonchev–Trinajstić information content (AvgIpc) is 3.83. The first kappa shape index (κ1) is 30.3. The van der Waals surface area contributed by atoms with Gasteiger partial charge < -0.3 is 8.83 Å². The molecule has 0 aliphatic heterocycles. The summed E-state index contributed by atoms with van der Waals surface area (Å²) in [5.41, 5.74) is 10.3. The zero-order valence-electron chi connectivity index (χ0n) is 28.9. The minimum absolute atomic E-state index is 0.530. The molecule has 3 aromatic heterocycles. The van der Waals surface area contributed by atoms with Gasteiger partial charge in [-0.2, -0.15) is 0 Å². The molecule has 11 aromatic rings. The van der Waals surface area contributed by atoms with Crippen LogP contribution < -0.4 is 0 Å². The molecule has 3 heterocycles. The Morgan fingerprint density at radius 3 is 1.69 bits per heavy atom. The van der Waals surface area contributed by atoms with Gasteiger partial charge in [-0.1, -0.05) is 146 Å². The molecule has 0 fully saturated rings. The molecular weight excluding hydrogens is 663 g/mol. The highest BCUT2D eigenvalue weighted by Gasteiger charge is 2.22. The largest absolute Gasteiger partial charge is 0.456 e. The number of aromatic nitrogens is 3. The predicted molar refractivity (Wildman–Crippen MR) is 219 cm³/mol. The molecule has 0 bridgehead atoms. The fraction of sp³-hybridized carbons (Fsp3) is 0. The Labute approximate surface area is 309 Å². The van der Waals surface area contributed by atoms with E-state index in [9.17, 15) is 0 Å². The van der Waals surface area contributed by atoms with Crippen LogP contribution in [0.3, 0.4) is 0 Å². The number of para-hydroxylation sites is 2. The van der Waals surface area contributed by atoms with E-state index in [-0.39, 0.29) is 0 Å². The minimum atomic E-state index is 0.530. The molecule has 54 heavy (non-hydrogen) atoms. The van der Waals surface area contributed by atoms with E-state index in [1.54, 1.807) is 0 Å². The van der Waals surface area contributed by atoms with Crippen LogP contribution in [-0.4, -0.2) is 15.0 Å². The third-order valence-corrected chi connectivity index (χ3v) is 10.3. The van der Waals surface area contributed by atoms with Crippen molar-refractivity contribution in [3.63, 3.8) is 0 Å². The van der Waals surface area contributed by atoms with Crippen LogP contribution in [0.4, 0.5) is 0 Å². The smallest absolute Gasteiger partial charge is 0.167 e. The van der Waals surface area contributed by atoms with Crippen molar-refractivity contribution >= 4 is 54.6 Å². The maximum atomic E-state index is 6.91. The van der Waals surface area contributed by atoms with E-state index in [0.717, 1.165) is 93.6 Å². The van der Waals surface area contributed by atoms with Gasteiger partial charge in [0, 0.05) is 38.1 Å². The zero-order valence-corrected chi connectivity index (χ0v) is 28.9. The van der Waals surface area contributed by atoms with E-state index in [1.807, 2.05) is 48.5 Å². The van der Waals surface area contributed by atoms with Gasteiger partial charge in [-0.3, -0.25) is 0 Å². The van der Waals surface area contributed by atoms with Crippen molar-refractivity contribution in [3.05, 3.63) is 176 Å². The van der Waals surface area contributed by atoms with Crippen molar-refractivity contribution in [2.24, 2.45) is 0 Å². The molecule has 0 amide bonds. The summed E-state index contributed by atoms with van der Waals surface area (Å²) in [6, 6.07) is 60.4. The van der Waals surface area contributed by atoms with E-state index in [0.29, 0.717) is 17.5 Å². The van der Waals surface area contributed by atoms with Gasteiger partial charge in [0.1, 0.15) is 22.3 Å². The molecule has 0 spiro atoms. The summed E-state index contributed by atoms with van der Waals surface area (Å²) in [4.78, 5) is 15.6. The van der Waals surface area contributed by atoms with Crippen LogP contribution in [0.5, 0.6) is 0 Å². The maximum Gasteiger partial charge on any atom is 0.167 e. The molecule has 252 valence electrons. The Kier molecular flexibility index (Phi) is 6.79. The van der Waals surface area contributed by atoms with Crippen LogP contribution in [0.25, 0.3) is 111 Å².